The Morgan fingerprint density at radius 3 is 2.62 bits per heavy atom. The summed E-state index contributed by atoms with van der Waals surface area (Å²) in [4.78, 5) is 21.9. The van der Waals surface area contributed by atoms with Gasteiger partial charge < -0.3 is 14.8 Å². The Kier molecular flexibility index (Phi) is 6.01. The van der Waals surface area contributed by atoms with E-state index in [2.05, 4.69) is 15.9 Å². The number of ether oxygens (including phenoxy) is 2. The third kappa shape index (κ3) is 5.62. The molecular formula is C12H11BrF3NO4. The number of aldehydes is 1. The first-order chi connectivity index (χ1) is 9.76. The number of rotatable bonds is 6. The number of nitrogens with one attached hydrogen (secondary N) is 1. The van der Waals surface area contributed by atoms with E-state index < -0.39 is 25.2 Å². The van der Waals surface area contributed by atoms with Gasteiger partial charge in [-0.2, -0.15) is 13.2 Å². The standard InChI is InChI=1S/C12H11BrF3NO4/c1-20-9-3-7(4-18)2-8(13)11(9)21-5-10(19)17-6-12(14,15)16/h2-4H,5-6H2,1H3,(H,17,19). The van der Waals surface area contributed by atoms with E-state index >= 15 is 0 Å². The largest absolute Gasteiger partial charge is 0.493 e. The molecule has 0 saturated heterocycles. The second kappa shape index (κ2) is 7.30. The summed E-state index contributed by atoms with van der Waals surface area (Å²) in [5.74, 6) is -0.638. The third-order valence-electron chi connectivity index (χ3n) is 2.22. The Balaban J connectivity index is 2.71. The van der Waals surface area contributed by atoms with Gasteiger partial charge in [-0.1, -0.05) is 0 Å². The second-order valence-electron chi connectivity index (χ2n) is 3.83. The fourth-order valence-electron chi connectivity index (χ4n) is 1.34. The Labute approximate surface area is 126 Å². The molecule has 0 fully saturated rings. The zero-order valence-corrected chi connectivity index (χ0v) is 12.4. The van der Waals surface area contributed by atoms with Crippen molar-refractivity contribution < 1.29 is 32.2 Å². The zero-order chi connectivity index (χ0) is 16.0. The lowest BCUT2D eigenvalue weighted by atomic mass is 10.2. The first-order valence-electron chi connectivity index (χ1n) is 5.55. The summed E-state index contributed by atoms with van der Waals surface area (Å²) in [6.45, 7) is -2.05. The van der Waals surface area contributed by atoms with E-state index in [4.69, 9.17) is 9.47 Å². The molecule has 5 nitrogen and oxygen atoms in total. The van der Waals surface area contributed by atoms with E-state index in [1.54, 1.807) is 5.32 Å². The van der Waals surface area contributed by atoms with Crippen LogP contribution in [-0.4, -0.2) is 38.6 Å². The Morgan fingerprint density at radius 1 is 1.43 bits per heavy atom. The van der Waals surface area contributed by atoms with Crippen molar-refractivity contribution in [1.29, 1.82) is 0 Å². The molecule has 116 valence electrons. The number of benzene rings is 1. The van der Waals surface area contributed by atoms with Gasteiger partial charge in [0.15, 0.2) is 18.1 Å². The van der Waals surface area contributed by atoms with Gasteiger partial charge in [-0.3, -0.25) is 9.59 Å². The quantitative estimate of drug-likeness (QED) is 0.781. The topological polar surface area (TPSA) is 64.6 Å². The van der Waals surface area contributed by atoms with Gasteiger partial charge in [0.05, 0.1) is 11.6 Å². The SMILES string of the molecule is COc1cc(C=O)cc(Br)c1OCC(=O)NCC(F)(F)F. The van der Waals surface area contributed by atoms with Crippen LogP contribution in [0.3, 0.4) is 0 Å². The van der Waals surface area contributed by atoms with Crippen LogP contribution in [0.5, 0.6) is 11.5 Å². The molecule has 0 atom stereocenters. The van der Waals surface area contributed by atoms with Gasteiger partial charge in [-0.05, 0) is 28.1 Å². The molecule has 0 unspecified atom stereocenters. The fraction of sp³-hybridized carbons (Fsp3) is 0.333. The monoisotopic (exact) mass is 369 g/mol. The second-order valence-corrected chi connectivity index (χ2v) is 4.69. The van der Waals surface area contributed by atoms with Crippen LogP contribution in [0.15, 0.2) is 16.6 Å². The van der Waals surface area contributed by atoms with E-state index in [0.717, 1.165) is 0 Å². The van der Waals surface area contributed by atoms with Crippen LogP contribution in [-0.2, 0) is 4.79 Å². The summed E-state index contributed by atoms with van der Waals surface area (Å²) >= 11 is 3.12. The highest BCUT2D eigenvalue weighted by Crippen LogP contribution is 2.36. The number of carbonyl (C=O) groups excluding carboxylic acids is 2. The maximum Gasteiger partial charge on any atom is 0.405 e. The molecule has 0 radical (unpaired) electrons. The van der Waals surface area contributed by atoms with Crippen molar-refractivity contribution in [3.8, 4) is 11.5 Å². The van der Waals surface area contributed by atoms with Crippen LogP contribution in [0.2, 0.25) is 0 Å². The summed E-state index contributed by atoms with van der Waals surface area (Å²) < 4.78 is 46.2. The summed E-state index contributed by atoms with van der Waals surface area (Å²) in [6.07, 6.45) is -3.90. The van der Waals surface area contributed by atoms with E-state index in [1.165, 1.54) is 19.2 Å². The lowest BCUT2D eigenvalue weighted by Gasteiger charge is -2.13. The molecule has 0 saturated carbocycles. The van der Waals surface area contributed by atoms with Crippen molar-refractivity contribution in [1.82, 2.24) is 5.32 Å². The normalized spacial score (nSPS) is 10.9. The van der Waals surface area contributed by atoms with Crippen molar-refractivity contribution in [3.05, 3.63) is 22.2 Å². The fourth-order valence-corrected chi connectivity index (χ4v) is 1.91. The summed E-state index contributed by atoms with van der Waals surface area (Å²) in [5.41, 5.74) is 0.313. The van der Waals surface area contributed by atoms with Crippen LogP contribution >= 0.6 is 15.9 Å². The molecule has 0 spiro atoms. The minimum Gasteiger partial charge on any atom is -0.493 e. The molecule has 1 N–H and O–H groups in total. The number of alkyl halides is 3. The van der Waals surface area contributed by atoms with Crippen LogP contribution in [0.4, 0.5) is 13.2 Å². The van der Waals surface area contributed by atoms with Gasteiger partial charge in [0.25, 0.3) is 5.91 Å². The molecule has 0 bridgehead atoms. The van der Waals surface area contributed by atoms with E-state index in [0.29, 0.717) is 16.3 Å². The van der Waals surface area contributed by atoms with Crippen LogP contribution in [0, 0.1) is 0 Å². The molecule has 1 amide bonds. The van der Waals surface area contributed by atoms with Crippen LogP contribution in [0.25, 0.3) is 0 Å². The van der Waals surface area contributed by atoms with Crippen LogP contribution in [0.1, 0.15) is 10.4 Å². The van der Waals surface area contributed by atoms with Crippen LogP contribution < -0.4 is 14.8 Å². The molecule has 0 aliphatic carbocycles. The Bertz CT molecular complexity index is 534. The van der Waals surface area contributed by atoms with Gasteiger partial charge >= 0.3 is 6.18 Å². The molecule has 9 heteroatoms. The maximum atomic E-state index is 11.9. The molecule has 1 aromatic rings. The predicted octanol–water partition coefficient (Wildman–Crippen LogP) is 2.33. The first-order valence-corrected chi connectivity index (χ1v) is 6.35. The summed E-state index contributed by atoms with van der Waals surface area (Å²) in [6, 6.07) is 2.80. The molecular weight excluding hydrogens is 359 g/mol. The Morgan fingerprint density at radius 2 is 2.10 bits per heavy atom. The number of methoxy groups -OCH3 is 1. The number of hydrogen-bond donors (Lipinski definition) is 1. The van der Waals surface area contributed by atoms with Gasteiger partial charge in [0, 0.05) is 5.56 Å². The maximum absolute atomic E-state index is 11.9. The first kappa shape index (κ1) is 17.3. The van der Waals surface area contributed by atoms with Crippen molar-refractivity contribution in [3.63, 3.8) is 0 Å². The molecule has 0 heterocycles. The van der Waals surface area contributed by atoms with Crippen molar-refractivity contribution >= 4 is 28.1 Å². The van der Waals surface area contributed by atoms with Gasteiger partial charge in [0.1, 0.15) is 12.8 Å². The molecule has 0 aliphatic rings. The van der Waals surface area contributed by atoms with E-state index in [9.17, 15) is 22.8 Å². The average Bonchev–Trinajstić information content (AvgIpc) is 2.42. The molecule has 0 aliphatic heterocycles. The minimum atomic E-state index is -4.49. The smallest absolute Gasteiger partial charge is 0.405 e. The minimum absolute atomic E-state index is 0.116. The molecule has 1 aromatic carbocycles. The van der Waals surface area contributed by atoms with Gasteiger partial charge in [-0.25, -0.2) is 0 Å². The van der Waals surface area contributed by atoms with Gasteiger partial charge in [-0.15, -0.1) is 0 Å². The highest BCUT2D eigenvalue weighted by Gasteiger charge is 2.27. The number of carbonyl (C=O) groups is 2. The van der Waals surface area contributed by atoms with Crippen molar-refractivity contribution in [2.75, 3.05) is 20.3 Å². The number of hydrogen-bond acceptors (Lipinski definition) is 4. The van der Waals surface area contributed by atoms with Crippen molar-refractivity contribution in [2.45, 2.75) is 6.18 Å². The predicted molar refractivity (Wildman–Crippen MR) is 70.6 cm³/mol. The van der Waals surface area contributed by atoms with Gasteiger partial charge in [0.2, 0.25) is 0 Å². The lowest BCUT2D eigenvalue weighted by molar-refractivity contribution is -0.139. The summed E-state index contributed by atoms with van der Waals surface area (Å²) in [5, 5.41) is 1.67. The molecule has 21 heavy (non-hydrogen) atoms. The zero-order valence-electron chi connectivity index (χ0n) is 10.8. The highest BCUT2D eigenvalue weighted by atomic mass is 79.9. The number of halogens is 4. The lowest BCUT2D eigenvalue weighted by Crippen LogP contribution is -2.36. The average molecular weight is 370 g/mol. The van der Waals surface area contributed by atoms with E-state index in [1.807, 2.05) is 0 Å². The molecule has 0 aromatic heterocycles. The van der Waals surface area contributed by atoms with Crippen molar-refractivity contribution in [2.24, 2.45) is 0 Å². The summed E-state index contributed by atoms with van der Waals surface area (Å²) in [7, 11) is 1.33. The Hall–Kier alpha value is -1.77. The van der Waals surface area contributed by atoms with E-state index in [-0.39, 0.29) is 11.5 Å². The third-order valence-corrected chi connectivity index (χ3v) is 2.81. The highest BCUT2D eigenvalue weighted by molar-refractivity contribution is 9.10. The number of amides is 1. The molecule has 1 rings (SSSR count).